The highest BCUT2D eigenvalue weighted by Crippen LogP contribution is 2.39. The van der Waals surface area contributed by atoms with Gasteiger partial charge in [-0.05, 0) is 87.4 Å². The van der Waals surface area contributed by atoms with Crippen molar-refractivity contribution in [3.8, 4) is 11.1 Å². The lowest BCUT2D eigenvalue weighted by Crippen LogP contribution is -2.34. The number of benzene rings is 2. The summed E-state index contributed by atoms with van der Waals surface area (Å²) in [5, 5.41) is 3.35. The number of aromatic nitrogens is 3. The van der Waals surface area contributed by atoms with E-state index in [1.165, 1.54) is 70.0 Å². The number of unbranched alkanes of at least 4 members (excludes halogenated alkanes) is 2. The monoisotopic (exact) mass is 729 g/mol. The quantitative estimate of drug-likeness (QED) is 0.116. The first-order chi connectivity index (χ1) is 24.9. The van der Waals surface area contributed by atoms with Crippen LogP contribution in [0.25, 0.3) is 22.2 Å². The predicted molar refractivity (Wildman–Crippen MR) is 198 cm³/mol. The number of alkyl halides is 6. The highest BCUT2D eigenvalue weighted by molar-refractivity contribution is 5.94. The molecule has 2 saturated carbocycles. The Morgan fingerprint density at radius 3 is 1.98 bits per heavy atom. The summed E-state index contributed by atoms with van der Waals surface area (Å²) in [6.07, 6.45) is 11.2. The van der Waals surface area contributed by atoms with Crippen LogP contribution in [0.15, 0.2) is 54.9 Å². The smallest absolute Gasteiger partial charge is 0.329 e. The number of anilines is 2. The van der Waals surface area contributed by atoms with E-state index < -0.39 is 29.2 Å². The molecule has 2 aliphatic rings. The third-order valence-electron chi connectivity index (χ3n) is 10.5. The summed E-state index contributed by atoms with van der Waals surface area (Å²) >= 11 is 0. The molecule has 0 saturated heterocycles. The highest BCUT2D eigenvalue weighted by atomic mass is 19.4. The maximum atomic E-state index is 13.3. The van der Waals surface area contributed by atoms with Crippen LogP contribution in [0.2, 0.25) is 0 Å². The van der Waals surface area contributed by atoms with Crippen LogP contribution in [-0.4, -0.2) is 38.6 Å². The van der Waals surface area contributed by atoms with Gasteiger partial charge in [-0.3, -0.25) is 0 Å². The summed E-state index contributed by atoms with van der Waals surface area (Å²) in [6, 6.07) is 10.7. The number of aryl methyl sites for hydroxylation is 1. The van der Waals surface area contributed by atoms with Crippen LogP contribution in [0.5, 0.6) is 0 Å². The largest absolute Gasteiger partial charge is 0.416 e. The lowest BCUT2D eigenvalue weighted by molar-refractivity contribution is -0.143. The lowest BCUT2D eigenvalue weighted by atomic mass is 9.95. The summed E-state index contributed by atoms with van der Waals surface area (Å²) in [5.41, 5.74) is 0.506. The fraction of sp³-hybridized carbons (Fsp3) is 0.561. The first-order valence-corrected chi connectivity index (χ1v) is 19.2. The van der Waals surface area contributed by atoms with Crippen LogP contribution in [0.1, 0.15) is 127 Å². The van der Waals surface area contributed by atoms with Crippen LogP contribution in [0.4, 0.5) is 38.0 Å². The fourth-order valence-corrected chi connectivity index (χ4v) is 7.63. The van der Waals surface area contributed by atoms with E-state index in [-0.39, 0.29) is 18.1 Å². The molecule has 4 aromatic rings. The van der Waals surface area contributed by atoms with Gasteiger partial charge in [0.05, 0.1) is 11.1 Å². The van der Waals surface area contributed by atoms with Gasteiger partial charge in [0.15, 0.2) is 0 Å². The Labute approximate surface area is 304 Å². The van der Waals surface area contributed by atoms with E-state index >= 15 is 0 Å². The Morgan fingerprint density at radius 1 is 0.769 bits per heavy atom. The van der Waals surface area contributed by atoms with Gasteiger partial charge in [0.2, 0.25) is 5.95 Å². The lowest BCUT2D eigenvalue weighted by Gasteiger charge is -2.28. The van der Waals surface area contributed by atoms with E-state index in [0.29, 0.717) is 17.8 Å². The number of fused-ring (bicyclic) bond motifs is 1. The van der Waals surface area contributed by atoms with Crippen molar-refractivity contribution in [2.24, 2.45) is 0 Å². The molecule has 0 radical (unpaired) electrons. The molecule has 2 aromatic carbocycles. The highest BCUT2D eigenvalue weighted by Gasteiger charge is 2.37. The minimum absolute atomic E-state index is 0.0759. The summed E-state index contributed by atoms with van der Waals surface area (Å²) < 4.78 is 82.0. The average molecular weight is 730 g/mol. The number of halogens is 6. The molecule has 1 N–H and O–H groups in total. The topological polar surface area (TPSA) is 46.0 Å². The van der Waals surface area contributed by atoms with Gasteiger partial charge in [0.1, 0.15) is 5.65 Å². The fourth-order valence-electron chi connectivity index (χ4n) is 7.63. The van der Waals surface area contributed by atoms with Crippen molar-refractivity contribution in [1.29, 1.82) is 0 Å². The van der Waals surface area contributed by atoms with E-state index in [1.54, 1.807) is 6.20 Å². The first kappa shape index (κ1) is 39.6. The molecule has 2 heterocycles. The van der Waals surface area contributed by atoms with E-state index in [4.69, 9.17) is 0 Å². The second-order valence-electron chi connectivity index (χ2n) is 14.3. The molecule has 2 fully saturated rings. The molecule has 5 nitrogen and oxygen atoms in total. The molecule has 0 amide bonds. The Balaban J connectivity index is 0.000000314. The Bertz CT molecular complexity index is 1670. The zero-order valence-electron chi connectivity index (χ0n) is 30.7. The van der Waals surface area contributed by atoms with Crippen molar-refractivity contribution in [2.75, 3.05) is 18.4 Å². The molecule has 11 heteroatoms. The maximum absolute atomic E-state index is 13.3. The van der Waals surface area contributed by atoms with Crippen LogP contribution in [-0.2, 0) is 18.8 Å². The van der Waals surface area contributed by atoms with Gasteiger partial charge in [0.25, 0.3) is 0 Å². The maximum Gasteiger partial charge on any atom is 0.416 e. The van der Waals surface area contributed by atoms with Crippen molar-refractivity contribution < 1.29 is 26.3 Å². The zero-order valence-corrected chi connectivity index (χ0v) is 30.7. The molecular weight excluding hydrogens is 676 g/mol. The average Bonchev–Trinajstić information content (AvgIpc) is 3.80. The minimum atomic E-state index is -4.94. The molecule has 2 aliphatic carbocycles. The molecular formula is C41H53F6N5. The van der Waals surface area contributed by atoms with Gasteiger partial charge in [-0.25, -0.2) is 4.98 Å². The predicted octanol–water partition coefficient (Wildman–Crippen LogP) is 12.8. The van der Waals surface area contributed by atoms with Gasteiger partial charge in [-0.15, -0.1) is 0 Å². The Hall–Kier alpha value is -3.60. The molecule has 0 unspecified atom stereocenters. The van der Waals surface area contributed by atoms with Crippen molar-refractivity contribution in [3.63, 3.8) is 0 Å². The summed E-state index contributed by atoms with van der Waals surface area (Å²) in [6.45, 7) is 9.36. The van der Waals surface area contributed by atoms with E-state index in [2.05, 4.69) is 57.7 Å². The molecule has 0 spiro atoms. The number of hydrogen-bond acceptors (Lipinski definition) is 4. The van der Waals surface area contributed by atoms with E-state index in [0.717, 1.165) is 61.1 Å². The molecule has 0 bridgehead atoms. The number of rotatable bonds is 12. The minimum Gasteiger partial charge on any atom is -0.329 e. The van der Waals surface area contributed by atoms with Crippen molar-refractivity contribution >= 4 is 22.7 Å². The van der Waals surface area contributed by atoms with Gasteiger partial charge >= 0.3 is 12.4 Å². The molecule has 284 valence electrons. The van der Waals surface area contributed by atoms with Crippen LogP contribution < -0.4 is 5.32 Å². The van der Waals surface area contributed by atoms with E-state index in [1.807, 2.05) is 18.3 Å². The van der Waals surface area contributed by atoms with Gasteiger partial charge in [0, 0.05) is 41.1 Å². The SMILES string of the molecule is CCCCCN(CCC)C1CCCC1.CCc1ccc(-c2cn(C3CCCCC3)c3nc(Nc4cc(C(F)(F)F)cc(C(F)(F)F)c4)ncc23)cc1. The molecule has 52 heavy (non-hydrogen) atoms. The Morgan fingerprint density at radius 2 is 1.40 bits per heavy atom. The van der Waals surface area contributed by atoms with Crippen LogP contribution in [0, 0.1) is 0 Å². The summed E-state index contributed by atoms with van der Waals surface area (Å²) in [4.78, 5) is 11.6. The molecule has 0 atom stereocenters. The van der Waals surface area contributed by atoms with Crippen molar-refractivity contribution in [2.45, 2.75) is 135 Å². The van der Waals surface area contributed by atoms with Gasteiger partial charge in [-0.1, -0.05) is 90.0 Å². The second kappa shape index (κ2) is 18.0. The van der Waals surface area contributed by atoms with E-state index in [9.17, 15) is 26.3 Å². The summed E-state index contributed by atoms with van der Waals surface area (Å²) in [7, 11) is 0. The summed E-state index contributed by atoms with van der Waals surface area (Å²) in [5.74, 6) is -0.0759. The second-order valence-corrected chi connectivity index (χ2v) is 14.3. The molecule has 0 aliphatic heterocycles. The number of hydrogen-bond donors (Lipinski definition) is 1. The van der Waals surface area contributed by atoms with Crippen LogP contribution >= 0.6 is 0 Å². The first-order valence-electron chi connectivity index (χ1n) is 19.2. The third-order valence-corrected chi connectivity index (χ3v) is 10.5. The Kier molecular flexibility index (Phi) is 13.7. The zero-order chi connectivity index (χ0) is 37.3. The molecule has 2 aromatic heterocycles. The standard InChI is InChI=1S/C28H26F6N4.C13H27N/c1-2-17-8-10-18(11-9-17)24-16-38(22-6-4-3-5-7-22)25-23(24)15-35-26(37-25)36-21-13-19(27(29,30)31)12-20(14-21)28(32,33)34;1-3-5-8-12-14(11-4-2)13-9-6-7-10-13/h8-16,22H,2-7H2,1H3,(H,35,36,37);13H,3-12H2,1-2H3. The van der Waals surface area contributed by atoms with Crippen molar-refractivity contribution in [3.05, 3.63) is 71.5 Å². The normalized spacial score (nSPS) is 16.0. The number of nitrogens with zero attached hydrogens (tertiary/aromatic N) is 4. The van der Waals surface area contributed by atoms with Gasteiger partial charge in [-0.2, -0.15) is 31.3 Å². The van der Waals surface area contributed by atoms with Crippen molar-refractivity contribution in [1.82, 2.24) is 19.4 Å². The van der Waals surface area contributed by atoms with Crippen LogP contribution in [0.3, 0.4) is 0 Å². The third kappa shape index (κ3) is 10.3. The van der Waals surface area contributed by atoms with Gasteiger partial charge < -0.3 is 14.8 Å². The number of nitrogens with one attached hydrogen (secondary N) is 1. The molecule has 6 rings (SSSR count).